The molecule has 0 unspecified atom stereocenters. The van der Waals surface area contributed by atoms with E-state index in [2.05, 4.69) is 14.5 Å². The normalized spacial score (nSPS) is 12.4. The van der Waals surface area contributed by atoms with Crippen molar-refractivity contribution in [2.75, 3.05) is 13.2 Å². The number of halogens is 6. The van der Waals surface area contributed by atoms with Crippen LogP contribution in [0.4, 0.5) is 26.3 Å². The van der Waals surface area contributed by atoms with Crippen molar-refractivity contribution in [2.24, 2.45) is 0 Å². The van der Waals surface area contributed by atoms with Gasteiger partial charge in [-0.05, 0) is 13.0 Å². The predicted octanol–water partition coefficient (Wildman–Crippen LogP) is 3.27. The second-order valence-corrected chi connectivity index (χ2v) is 3.60. The Morgan fingerprint density at radius 3 is 2.00 bits per heavy atom. The first kappa shape index (κ1) is 15.4. The van der Waals surface area contributed by atoms with Crippen molar-refractivity contribution in [1.82, 2.24) is 4.98 Å². The van der Waals surface area contributed by atoms with Crippen LogP contribution in [0.2, 0.25) is 0 Å². The Labute approximate surface area is 104 Å². The van der Waals surface area contributed by atoms with Gasteiger partial charge in [0.05, 0.1) is 6.20 Å². The average molecular weight is 289 g/mol. The lowest BCUT2D eigenvalue weighted by Crippen LogP contribution is -2.20. The molecule has 0 aliphatic carbocycles. The Hall–Kier alpha value is -1.67. The van der Waals surface area contributed by atoms with Crippen LogP contribution in [0.5, 0.6) is 11.6 Å². The maximum Gasteiger partial charge on any atom is 0.422 e. The van der Waals surface area contributed by atoms with Gasteiger partial charge in [-0.1, -0.05) is 0 Å². The van der Waals surface area contributed by atoms with Crippen molar-refractivity contribution in [3.8, 4) is 11.6 Å². The first-order valence-electron chi connectivity index (χ1n) is 4.92. The Bertz CT molecular complexity index is 429. The van der Waals surface area contributed by atoms with Gasteiger partial charge in [0.2, 0.25) is 5.88 Å². The number of pyridine rings is 1. The van der Waals surface area contributed by atoms with E-state index in [1.807, 2.05) is 0 Å². The van der Waals surface area contributed by atoms with Crippen molar-refractivity contribution < 1.29 is 35.8 Å². The number of rotatable bonds is 4. The van der Waals surface area contributed by atoms with Crippen LogP contribution >= 0.6 is 0 Å². The molecule has 0 fully saturated rings. The number of alkyl halides is 6. The van der Waals surface area contributed by atoms with Crippen molar-refractivity contribution >= 4 is 0 Å². The molecular formula is C10H9F6NO2. The molecule has 0 bridgehead atoms. The lowest BCUT2D eigenvalue weighted by Gasteiger charge is -2.12. The van der Waals surface area contributed by atoms with Crippen molar-refractivity contribution in [3.05, 3.63) is 17.8 Å². The van der Waals surface area contributed by atoms with Gasteiger partial charge < -0.3 is 9.47 Å². The molecular weight excluding hydrogens is 280 g/mol. The maximum atomic E-state index is 11.9. The largest absolute Gasteiger partial charge is 0.482 e. The molecule has 0 aromatic carbocycles. The highest BCUT2D eigenvalue weighted by molar-refractivity contribution is 5.32. The third-order valence-electron chi connectivity index (χ3n) is 1.78. The molecule has 0 saturated heterocycles. The smallest absolute Gasteiger partial charge is 0.422 e. The van der Waals surface area contributed by atoms with E-state index in [0.29, 0.717) is 0 Å². The summed E-state index contributed by atoms with van der Waals surface area (Å²) in [6.45, 7) is -1.68. The highest BCUT2D eigenvalue weighted by Crippen LogP contribution is 2.24. The number of aromatic nitrogens is 1. The lowest BCUT2D eigenvalue weighted by atomic mass is 10.3. The number of hydrogen-bond donors (Lipinski definition) is 0. The molecule has 1 rings (SSSR count). The van der Waals surface area contributed by atoms with Crippen LogP contribution in [0.25, 0.3) is 0 Å². The van der Waals surface area contributed by atoms with E-state index in [4.69, 9.17) is 0 Å². The van der Waals surface area contributed by atoms with Gasteiger partial charge in [0.15, 0.2) is 13.2 Å². The molecule has 1 heterocycles. The minimum absolute atomic E-state index is 0.143. The number of hydrogen-bond acceptors (Lipinski definition) is 3. The molecule has 0 aliphatic heterocycles. The monoisotopic (exact) mass is 289 g/mol. The lowest BCUT2D eigenvalue weighted by molar-refractivity contribution is -0.155. The second-order valence-electron chi connectivity index (χ2n) is 3.60. The Morgan fingerprint density at radius 1 is 1.00 bits per heavy atom. The molecule has 3 nitrogen and oxygen atoms in total. The molecule has 0 radical (unpaired) electrons. The van der Waals surface area contributed by atoms with Crippen LogP contribution < -0.4 is 9.47 Å². The van der Waals surface area contributed by atoms with Gasteiger partial charge in [0.25, 0.3) is 0 Å². The molecule has 1 aromatic rings. The Kier molecular flexibility index (Phi) is 4.48. The van der Waals surface area contributed by atoms with E-state index in [-0.39, 0.29) is 17.2 Å². The van der Waals surface area contributed by atoms with E-state index in [1.54, 1.807) is 0 Å². The van der Waals surface area contributed by atoms with Crippen LogP contribution in [0, 0.1) is 6.92 Å². The minimum Gasteiger partial charge on any atom is -0.482 e. The summed E-state index contributed by atoms with van der Waals surface area (Å²) in [5, 5.41) is 0. The number of nitrogens with zero attached hydrogens (tertiary/aromatic N) is 1. The number of ether oxygens (including phenoxy) is 2. The molecule has 0 amide bonds. The van der Waals surface area contributed by atoms with E-state index < -0.39 is 25.6 Å². The summed E-state index contributed by atoms with van der Waals surface area (Å²) in [5.41, 5.74) is 0.143. The zero-order valence-corrected chi connectivity index (χ0v) is 9.60. The summed E-state index contributed by atoms with van der Waals surface area (Å²) < 4.78 is 80.1. The molecule has 0 spiro atoms. The fourth-order valence-electron chi connectivity index (χ4n) is 1.08. The van der Waals surface area contributed by atoms with E-state index in [0.717, 1.165) is 12.3 Å². The first-order chi connectivity index (χ1) is 8.57. The maximum absolute atomic E-state index is 11.9. The third kappa shape index (κ3) is 6.16. The van der Waals surface area contributed by atoms with E-state index >= 15 is 0 Å². The van der Waals surface area contributed by atoms with Gasteiger partial charge >= 0.3 is 12.4 Å². The molecule has 108 valence electrons. The van der Waals surface area contributed by atoms with Gasteiger partial charge in [0, 0.05) is 5.56 Å². The topological polar surface area (TPSA) is 31.4 Å². The predicted molar refractivity (Wildman–Crippen MR) is 52.1 cm³/mol. The van der Waals surface area contributed by atoms with E-state index in [1.165, 1.54) is 6.92 Å². The molecule has 0 atom stereocenters. The molecule has 19 heavy (non-hydrogen) atoms. The van der Waals surface area contributed by atoms with Crippen molar-refractivity contribution in [3.63, 3.8) is 0 Å². The third-order valence-corrected chi connectivity index (χ3v) is 1.78. The van der Waals surface area contributed by atoms with Crippen molar-refractivity contribution in [1.29, 1.82) is 0 Å². The van der Waals surface area contributed by atoms with Gasteiger partial charge in [-0.2, -0.15) is 26.3 Å². The summed E-state index contributed by atoms with van der Waals surface area (Å²) in [5.74, 6) is -0.508. The molecule has 0 aliphatic rings. The Balaban J connectivity index is 2.64. The van der Waals surface area contributed by atoms with Crippen LogP contribution in [0.3, 0.4) is 0 Å². The minimum atomic E-state index is -4.51. The average Bonchev–Trinajstić information content (AvgIpc) is 2.22. The summed E-state index contributed by atoms with van der Waals surface area (Å²) in [7, 11) is 0. The summed E-state index contributed by atoms with van der Waals surface area (Å²) in [6, 6.07) is 1.12. The highest BCUT2D eigenvalue weighted by Gasteiger charge is 2.30. The zero-order chi connectivity index (χ0) is 14.7. The quantitative estimate of drug-likeness (QED) is 0.797. The summed E-state index contributed by atoms with van der Waals surface area (Å²) in [6.07, 6.45) is -8.15. The van der Waals surface area contributed by atoms with Gasteiger partial charge in [-0.25, -0.2) is 4.98 Å². The molecule has 0 saturated carbocycles. The molecule has 1 aromatic heterocycles. The summed E-state index contributed by atoms with van der Waals surface area (Å²) >= 11 is 0. The summed E-state index contributed by atoms with van der Waals surface area (Å²) in [4.78, 5) is 3.47. The Morgan fingerprint density at radius 2 is 1.53 bits per heavy atom. The van der Waals surface area contributed by atoms with Crippen LogP contribution in [0.15, 0.2) is 12.3 Å². The standard InChI is InChI=1S/C10H9F6NO2/c1-6-2-7(18-4-9(11,12)13)3-17-8(6)19-5-10(14,15)16/h2-3H,4-5H2,1H3. The SMILES string of the molecule is Cc1cc(OCC(F)(F)F)cnc1OCC(F)(F)F. The van der Waals surface area contributed by atoms with Crippen LogP contribution in [0.1, 0.15) is 5.56 Å². The van der Waals surface area contributed by atoms with Crippen LogP contribution in [-0.2, 0) is 0 Å². The van der Waals surface area contributed by atoms with Gasteiger partial charge in [-0.15, -0.1) is 0 Å². The highest BCUT2D eigenvalue weighted by atomic mass is 19.4. The fraction of sp³-hybridized carbons (Fsp3) is 0.500. The van der Waals surface area contributed by atoms with E-state index in [9.17, 15) is 26.3 Å². The van der Waals surface area contributed by atoms with Gasteiger partial charge in [0.1, 0.15) is 5.75 Å². The fourth-order valence-corrected chi connectivity index (χ4v) is 1.08. The zero-order valence-electron chi connectivity index (χ0n) is 9.60. The molecule has 0 N–H and O–H groups in total. The van der Waals surface area contributed by atoms with Gasteiger partial charge in [-0.3, -0.25) is 0 Å². The number of aryl methyl sites for hydroxylation is 1. The van der Waals surface area contributed by atoms with Crippen molar-refractivity contribution in [2.45, 2.75) is 19.3 Å². The first-order valence-corrected chi connectivity index (χ1v) is 4.92. The molecule has 9 heteroatoms. The van der Waals surface area contributed by atoms with Crippen LogP contribution in [-0.4, -0.2) is 30.6 Å². The second kappa shape index (κ2) is 5.54.